The average Bonchev–Trinajstić information content (AvgIpc) is 2.29. The van der Waals surface area contributed by atoms with Crippen LogP contribution in [0.5, 0.6) is 0 Å². The third-order valence-corrected chi connectivity index (χ3v) is 2.26. The van der Waals surface area contributed by atoms with Gasteiger partial charge in [0.2, 0.25) is 0 Å². The Morgan fingerprint density at radius 1 is 1.39 bits per heavy atom. The van der Waals surface area contributed by atoms with Crippen molar-refractivity contribution >= 4 is 5.97 Å². The zero-order chi connectivity index (χ0) is 14.1. The Bertz CT molecular complexity index is 349. The second kappa shape index (κ2) is 8.63. The largest absolute Gasteiger partial charge is 0.550 e. The van der Waals surface area contributed by atoms with Gasteiger partial charge in [-0.05, 0) is 13.8 Å². The van der Waals surface area contributed by atoms with E-state index in [2.05, 4.69) is 43.8 Å². The number of hydrogen-bond acceptors (Lipinski definition) is 4. The topological polar surface area (TPSA) is 108 Å². The summed E-state index contributed by atoms with van der Waals surface area (Å²) in [6, 6.07) is 8.91. The van der Waals surface area contributed by atoms with E-state index in [9.17, 15) is 9.90 Å². The second-order valence-electron chi connectivity index (χ2n) is 4.22. The lowest BCUT2D eigenvalue weighted by atomic mass is 10.1. The van der Waals surface area contributed by atoms with Crippen LogP contribution in [0.2, 0.25) is 0 Å². The molecule has 0 spiro atoms. The van der Waals surface area contributed by atoms with Gasteiger partial charge in [-0.3, -0.25) is 0 Å². The minimum atomic E-state index is -1.36. The van der Waals surface area contributed by atoms with Crippen LogP contribution in [0.15, 0.2) is 24.3 Å². The zero-order valence-corrected chi connectivity index (χ0v) is 10.8. The van der Waals surface area contributed by atoms with Gasteiger partial charge < -0.3 is 25.8 Å². The van der Waals surface area contributed by atoms with Crippen LogP contribution < -0.4 is 10.8 Å². The number of carbonyl (C=O) groups excluding carboxylic acids is 1. The van der Waals surface area contributed by atoms with Crippen LogP contribution >= 0.6 is 0 Å². The van der Waals surface area contributed by atoms with Crippen molar-refractivity contribution in [1.82, 2.24) is 0 Å². The number of aryl methyl sites for hydroxylation is 1. The van der Waals surface area contributed by atoms with E-state index in [0.29, 0.717) is 6.04 Å². The third-order valence-electron chi connectivity index (χ3n) is 2.26. The minimum absolute atomic E-state index is 0.403. The average molecular weight is 255 g/mol. The Morgan fingerprint density at radius 3 is 2.17 bits per heavy atom. The summed E-state index contributed by atoms with van der Waals surface area (Å²) in [5.41, 5.74) is 6.56. The van der Waals surface area contributed by atoms with E-state index in [1.807, 2.05) is 0 Å². The van der Waals surface area contributed by atoms with Crippen molar-refractivity contribution < 1.29 is 25.8 Å². The van der Waals surface area contributed by atoms with Gasteiger partial charge in [-0.1, -0.05) is 29.8 Å². The molecule has 0 amide bonds. The minimum Gasteiger partial charge on any atom is -0.550 e. The molecule has 5 nitrogen and oxygen atoms in total. The van der Waals surface area contributed by atoms with Crippen molar-refractivity contribution in [2.75, 3.05) is 6.61 Å². The molecule has 0 saturated heterocycles. The highest BCUT2D eigenvalue weighted by atomic mass is 16.4. The molecular formula is C13H21NO4. The molecule has 0 aliphatic rings. The molecule has 1 aromatic carbocycles. The Morgan fingerprint density at radius 2 is 1.89 bits per heavy atom. The van der Waals surface area contributed by atoms with Gasteiger partial charge >= 0.3 is 0 Å². The zero-order valence-electron chi connectivity index (χ0n) is 10.8. The van der Waals surface area contributed by atoms with Gasteiger partial charge in [-0.25, -0.2) is 0 Å². The van der Waals surface area contributed by atoms with E-state index >= 15 is 0 Å². The first-order valence-corrected chi connectivity index (χ1v) is 5.75. The van der Waals surface area contributed by atoms with Gasteiger partial charge in [-0.15, -0.1) is 0 Å². The molecule has 2 atom stereocenters. The summed E-state index contributed by atoms with van der Waals surface area (Å²) >= 11 is 0. The summed E-state index contributed by atoms with van der Waals surface area (Å²) in [7, 11) is 0. The first-order valence-electron chi connectivity index (χ1n) is 5.75. The Hall–Kier alpha value is -1.43. The van der Waals surface area contributed by atoms with Gasteiger partial charge in [0.1, 0.15) is 6.04 Å². The van der Waals surface area contributed by atoms with Crippen molar-refractivity contribution in [1.29, 1.82) is 0 Å². The fraction of sp³-hybridized carbons (Fsp3) is 0.462. The van der Waals surface area contributed by atoms with Gasteiger partial charge in [0.15, 0.2) is 0 Å². The monoisotopic (exact) mass is 255 g/mol. The van der Waals surface area contributed by atoms with E-state index in [1.165, 1.54) is 11.1 Å². The van der Waals surface area contributed by atoms with Crippen molar-refractivity contribution in [3.8, 4) is 0 Å². The van der Waals surface area contributed by atoms with E-state index in [4.69, 9.17) is 10.2 Å². The number of carbonyl (C=O) groups is 1. The van der Waals surface area contributed by atoms with Crippen LogP contribution in [0, 0.1) is 6.92 Å². The first-order chi connectivity index (χ1) is 8.36. The molecule has 5 N–H and O–H groups in total. The van der Waals surface area contributed by atoms with Crippen LogP contribution in [-0.2, 0) is 4.79 Å². The highest BCUT2D eigenvalue weighted by molar-refractivity contribution is 5.64. The SMILES string of the molecule is Cc1ccc([C@@H](C)[NH3+])cc1.O=C([O-])CC(O)CO. The number of quaternary nitrogens is 1. The number of carboxylic acids is 1. The maximum Gasteiger partial charge on any atom is 0.107 e. The maximum atomic E-state index is 9.59. The molecule has 0 saturated carbocycles. The lowest BCUT2D eigenvalue weighted by molar-refractivity contribution is -0.420. The summed E-state index contributed by atoms with van der Waals surface area (Å²) in [5, 5.41) is 26.0. The molecule has 1 aromatic rings. The number of aliphatic hydroxyl groups excluding tert-OH is 2. The van der Waals surface area contributed by atoms with Gasteiger partial charge in [0, 0.05) is 18.0 Å². The Kier molecular flexibility index (Phi) is 7.94. The van der Waals surface area contributed by atoms with Crippen LogP contribution in [0.1, 0.15) is 30.5 Å². The third kappa shape index (κ3) is 7.78. The van der Waals surface area contributed by atoms with Crippen molar-refractivity contribution in [3.63, 3.8) is 0 Å². The summed E-state index contributed by atoms with van der Waals surface area (Å²) in [5.74, 6) is -1.36. The predicted octanol–water partition coefficient (Wildman–Crippen LogP) is -1.22. The lowest BCUT2D eigenvalue weighted by Gasteiger charge is -2.05. The summed E-state index contributed by atoms with van der Waals surface area (Å²) in [6.45, 7) is 3.66. The molecule has 1 rings (SSSR count). The predicted molar refractivity (Wildman–Crippen MR) is 65.2 cm³/mol. The van der Waals surface area contributed by atoms with E-state index in [0.717, 1.165) is 0 Å². The fourth-order valence-corrected chi connectivity index (χ4v) is 1.15. The maximum absolute atomic E-state index is 9.59. The molecular weight excluding hydrogens is 234 g/mol. The fourth-order valence-electron chi connectivity index (χ4n) is 1.15. The van der Waals surface area contributed by atoms with Crippen molar-refractivity contribution in [2.24, 2.45) is 0 Å². The Balaban J connectivity index is 0.000000331. The van der Waals surface area contributed by atoms with Crippen LogP contribution in [0.4, 0.5) is 0 Å². The van der Waals surface area contributed by atoms with Crippen LogP contribution in [-0.4, -0.2) is 28.9 Å². The molecule has 0 aromatic heterocycles. The molecule has 0 aliphatic carbocycles. The van der Waals surface area contributed by atoms with Gasteiger partial charge in [0.25, 0.3) is 0 Å². The standard InChI is InChI=1S/C9H13N.C4H8O4/c1-7-3-5-9(6-4-7)8(2)10;5-2-3(6)1-4(7)8/h3-6,8H,10H2,1-2H3;3,5-6H,1-2H2,(H,7,8)/t8-;/m1./s1. The van der Waals surface area contributed by atoms with Crippen LogP contribution in [0.3, 0.4) is 0 Å². The van der Waals surface area contributed by atoms with Crippen molar-refractivity contribution in [3.05, 3.63) is 35.4 Å². The number of hydrogen-bond donors (Lipinski definition) is 3. The molecule has 1 unspecified atom stereocenters. The van der Waals surface area contributed by atoms with E-state index < -0.39 is 25.1 Å². The molecule has 0 bridgehead atoms. The number of rotatable bonds is 4. The van der Waals surface area contributed by atoms with Crippen LogP contribution in [0.25, 0.3) is 0 Å². The summed E-state index contributed by atoms with van der Waals surface area (Å²) in [6.07, 6.45) is -1.68. The quantitative estimate of drug-likeness (QED) is 0.626. The molecule has 0 radical (unpaired) electrons. The smallest absolute Gasteiger partial charge is 0.107 e. The number of carboxylic acid groups (broad SMARTS) is 1. The van der Waals surface area contributed by atoms with E-state index in [1.54, 1.807) is 0 Å². The van der Waals surface area contributed by atoms with Crippen molar-refractivity contribution in [2.45, 2.75) is 32.4 Å². The highest BCUT2D eigenvalue weighted by Gasteiger charge is 1.99. The molecule has 0 heterocycles. The second-order valence-corrected chi connectivity index (χ2v) is 4.22. The van der Waals surface area contributed by atoms with E-state index in [-0.39, 0.29) is 0 Å². The summed E-state index contributed by atoms with van der Waals surface area (Å²) in [4.78, 5) is 9.59. The van der Waals surface area contributed by atoms with Gasteiger partial charge in [0.05, 0.1) is 12.7 Å². The number of aliphatic carboxylic acids is 1. The number of aliphatic hydroxyl groups is 2. The Labute approximate surface area is 107 Å². The molecule has 0 fully saturated rings. The molecule has 5 heteroatoms. The molecule has 18 heavy (non-hydrogen) atoms. The molecule has 0 aliphatic heterocycles. The number of benzene rings is 1. The highest BCUT2D eigenvalue weighted by Crippen LogP contribution is 2.07. The van der Waals surface area contributed by atoms with Gasteiger partial charge in [-0.2, -0.15) is 0 Å². The first kappa shape index (κ1) is 16.6. The molecule has 102 valence electrons. The summed E-state index contributed by atoms with van der Waals surface area (Å²) < 4.78 is 0. The lowest BCUT2D eigenvalue weighted by Crippen LogP contribution is -2.51. The normalized spacial score (nSPS) is 13.2.